The number of aliphatic hydroxyl groups excluding tert-OH is 1. The molecule has 0 aromatic rings. The van der Waals surface area contributed by atoms with Gasteiger partial charge >= 0.3 is 0 Å². The number of hydrogen-bond acceptors (Lipinski definition) is 4. The van der Waals surface area contributed by atoms with Crippen molar-refractivity contribution in [1.29, 1.82) is 5.41 Å². The Balaban J connectivity index is 1.44. The summed E-state index contributed by atoms with van der Waals surface area (Å²) in [7, 11) is 0. The molecule has 4 aliphatic carbocycles. The summed E-state index contributed by atoms with van der Waals surface area (Å²) in [5, 5.41) is 29.6. The molecule has 166 valence electrons. The van der Waals surface area contributed by atoms with Gasteiger partial charge in [-0.3, -0.25) is 10.8 Å². The summed E-state index contributed by atoms with van der Waals surface area (Å²) in [6, 6.07) is 0. The fourth-order valence-corrected chi connectivity index (χ4v) is 8.37. The van der Waals surface area contributed by atoms with Gasteiger partial charge in [0.05, 0.1) is 11.7 Å². The molecular formula is C23H42N4O2. The van der Waals surface area contributed by atoms with Crippen LogP contribution in [0.1, 0.15) is 84.5 Å². The Bertz CT molecular complexity index is 630. The van der Waals surface area contributed by atoms with E-state index in [1.807, 2.05) is 0 Å². The highest BCUT2D eigenvalue weighted by Gasteiger charge is 2.66. The minimum Gasteiger partial charge on any atom is -0.393 e. The third kappa shape index (κ3) is 3.39. The van der Waals surface area contributed by atoms with Crippen LogP contribution >= 0.6 is 0 Å². The number of hydrazine groups is 1. The van der Waals surface area contributed by atoms with Gasteiger partial charge in [0, 0.05) is 6.54 Å². The van der Waals surface area contributed by atoms with E-state index < -0.39 is 5.60 Å². The molecule has 6 heteroatoms. The highest BCUT2D eigenvalue weighted by Crippen LogP contribution is 2.69. The van der Waals surface area contributed by atoms with Crippen LogP contribution in [0.2, 0.25) is 0 Å². The molecule has 8 atom stereocenters. The van der Waals surface area contributed by atoms with Gasteiger partial charge in [0.25, 0.3) is 0 Å². The minimum atomic E-state index is -0.518. The maximum atomic E-state index is 12.1. The lowest BCUT2D eigenvalue weighted by atomic mass is 9.43. The molecular weight excluding hydrogens is 364 g/mol. The van der Waals surface area contributed by atoms with Crippen LogP contribution in [0.4, 0.5) is 0 Å². The van der Waals surface area contributed by atoms with Crippen LogP contribution in [0.3, 0.4) is 0 Å². The van der Waals surface area contributed by atoms with Crippen molar-refractivity contribution in [1.82, 2.24) is 10.9 Å². The van der Waals surface area contributed by atoms with E-state index in [0.29, 0.717) is 29.1 Å². The summed E-state index contributed by atoms with van der Waals surface area (Å²) in [5.74, 6) is 2.21. The normalized spacial score (nSPS) is 49.0. The largest absolute Gasteiger partial charge is 0.393 e. The lowest BCUT2D eigenvalue weighted by Crippen LogP contribution is -2.62. The first-order valence-electron chi connectivity index (χ1n) is 11.9. The first kappa shape index (κ1) is 21.4. The second-order valence-electron chi connectivity index (χ2n) is 11.1. The van der Waals surface area contributed by atoms with Crippen molar-refractivity contribution in [3.05, 3.63) is 0 Å². The Morgan fingerprint density at radius 2 is 1.86 bits per heavy atom. The Morgan fingerprint density at radius 1 is 1.07 bits per heavy atom. The van der Waals surface area contributed by atoms with E-state index in [2.05, 4.69) is 24.7 Å². The van der Waals surface area contributed by atoms with Gasteiger partial charge in [-0.2, -0.15) is 0 Å². The standard InChI is InChI=1S/C23H42N4O2/c1-21-10-8-17(28)14-16(21)5-6-19-18(21)9-11-22(2)15(7-12-23(19,22)29)4-3-13-26-27-20(24)25/h15-19,26,28-29H,3-14H2,1-2H3,(H4,24,25,27)/t15-,16+,17-,18-,19+,21-,22+,23-/m0/s1. The quantitative estimate of drug-likeness (QED) is 0.182. The predicted octanol–water partition coefficient (Wildman–Crippen LogP) is 2.89. The zero-order valence-corrected chi connectivity index (χ0v) is 18.3. The highest BCUT2D eigenvalue weighted by molar-refractivity contribution is 5.73. The molecule has 0 aliphatic heterocycles. The molecule has 0 aromatic carbocycles. The van der Waals surface area contributed by atoms with E-state index >= 15 is 0 Å². The SMILES string of the molecule is C[C@]12CC[C@H](O)C[C@H]1CC[C@@H]1[C@@H]2CC[C@]2(C)[C@@H](CCCNNC(=N)N)CC[C@]12O. The number of guanidine groups is 1. The van der Waals surface area contributed by atoms with E-state index in [9.17, 15) is 10.2 Å². The average molecular weight is 407 g/mol. The van der Waals surface area contributed by atoms with Gasteiger partial charge < -0.3 is 15.9 Å². The highest BCUT2D eigenvalue weighted by atomic mass is 16.3. The van der Waals surface area contributed by atoms with Gasteiger partial charge in [0.1, 0.15) is 0 Å². The van der Waals surface area contributed by atoms with Crippen LogP contribution in [-0.4, -0.2) is 34.4 Å². The Hall–Kier alpha value is -0.850. The van der Waals surface area contributed by atoms with Crippen LogP contribution < -0.4 is 16.6 Å². The molecule has 4 saturated carbocycles. The number of hydrogen-bond donors (Lipinski definition) is 6. The van der Waals surface area contributed by atoms with E-state index in [-0.39, 0.29) is 17.5 Å². The van der Waals surface area contributed by atoms with Gasteiger partial charge in [-0.1, -0.05) is 13.8 Å². The lowest BCUT2D eigenvalue weighted by molar-refractivity contribution is -0.210. The number of nitrogens with one attached hydrogen (secondary N) is 3. The van der Waals surface area contributed by atoms with Gasteiger partial charge in [0.15, 0.2) is 5.96 Å². The van der Waals surface area contributed by atoms with E-state index in [1.54, 1.807) is 0 Å². The zero-order chi connectivity index (χ0) is 20.9. The van der Waals surface area contributed by atoms with Crippen molar-refractivity contribution >= 4 is 5.96 Å². The van der Waals surface area contributed by atoms with Gasteiger partial charge in [-0.25, -0.2) is 5.43 Å². The maximum absolute atomic E-state index is 12.1. The Labute approximate surface area is 175 Å². The van der Waals surface area contributed by atoms with Crippen LogP contribution in [0.15, 0.2) is 0 Å². The number of rotatable bonds is 5. The zero-order valence-electron chi connectivity index (χ0n) is 18.3. The maximum Gasteiger partial charge on any atom is 0.200 e. The van der Waals surface area contributed by atoms with Gasteiger partial charge in [0.2, 0.25) is 0 Å². The minimum absolute atomic E-state index is 0.0273. The summed E-state index contributed by atoms with van der Waals surface area (Å²) in [6.45, 7) is 5.65. The summed E-state index contributed by atoms with van der Waals surface area (Å²) in [4.78, 5) is 0. The number of aliphatic hydroxyl groups is 2. The molecule has 4 aliphatic rings. The third-order valence-electron chi connectivity index (χ3n) is 10.1. The smallest absolute Gasteiger partial charge is 0.200 e. The summed E-state index contributed by atoms with van der Waals surface area (Å²) >= 11 is 0. The van der Waals surface area contributed by atoms with Crippen molar-refractivity contribution in [2.45, 2.75) is 96.2 Å². The molecule has 4 rings (SSSR count). The summed E-state index contributed by atoms with van der Waals surface area (Å²) in [5.41, 5.74) is 10.8. The molecule has 0 unspecified atom stereocenters. The van der Waals surface area contributed by atoms with E-state index in [0.717, 1.165) is 64.3 Å². The third-order valence-corrected chi connectivity index (χ3v) is 10.1. The first-order chi connectivity index (χ1) is 13.7. The molecule has 0 amide bonds. The molecule has 0 spiro atoms. The van der Waals surface area contributed by atoms with E-state index in [4.69, 9.17) is 11.1 Å². The second-order valence-corrected chi connectivity index (χ2v) is 11.1. The number of nitrogens with two attached hydrogens (primary N) is 1. The summed E-state index contributed by atoms with van der Waals surface area (Å²) < 4.78 is 0. The summed E-state index contributed by atoms with van der Waals surface area (Å²) in [6.07, 6.45) is 11.9. The fraction of sp³-hybridized carbons (Fsp3) is 0.957. The average Bonchev–Trinajstić information content (AvgIpc) is 2.93. The van der Waals surface area contributed by atoms with Crippen molar-refractivity contribution in [2.24, 2.45) is 40.2 Å². The topological polar surface area (TPSA) is 114 Å². The van der Waals surface area contributed by atoms with Gasteiger partial charge in [-0.05, 0) is 105 Å². The van der Waals surface area contributed by atoms with E-state index in [1.165, 1.54) is 12.8 Å². The molecule has 0 radical (unpaired) electrons. The molecule has 0 aromatic heterocycles. The molecule has 4 fully saturated rings. The fourth-order valence-electron chi connectivity index (χ4n) is 8.37. The van der Waals surface area contributed by atoms with Crippen LogP contribution in [0, 0.1) is 39.9 Å². The van der Waals surface area contributed by atoms with Crippen molar-refractivity contribution in [2.75, 3.05) is 6.54 Å². The van der Waals surface area contributed by atoms with Crippen LogP contribution in [0.5, 0.6) is 0 Å². The Morgan fingerprint density at radius 3 is 2.62 bits per heavy atom. The van der Waals surface area contributed by atoms with Gasteiger partial charge in [-0.15, -0.1) is 0 Å². The lowest BCUT2D eigenvalue weighted by Gasteiger charge is -2.63. The van der Waals surface area contributed by atoms with Crippen LogP contribution in [-0.2, 0) is 0 Å². The molecule has 0 bridgehead atoms. The predicted molar refractivity (Wildman–Crippen MR) is 115 cm³/mol. The Kier molecular flexibility index (Phi) is 5.67. The first-order valence-corrected chi connectivity index (χ1v) is 11.9. The molecule has 29 heavy (non-hydrogen) atoms. The molecule has 7 N–H and O–H groups in total. The molecule has 6 nitrogen and oxygen atoms in total. The number of fused-ring (bicyclic) bond motifs is 5. The van der Waals surface area contributed by atoms with Crippen molar-refractivity contribution < 1.29 is 10.2 Å². The monoisotopic (exact) mass is 406 g/mol. The second kappa shape index (κ2) is 7.69. The molecule has 0 saturated heterocycles. The van der Waals surface area contributed by atoms with Crippen LogP contribution in [0.25, 0.3) is 0 Å². The molecule has 0 heterocycles. The van der Waals surface area contributed by atoms with Crippen molar-refractivity contribution in [3.8, 4) is 0 Å². The van der Waals surface area contributed by atoms with Crippen molar-refractivity contribution in [3.63, 3.8) is 0 Å².